The highest BCUT2D eigenvalue weighted by Crippen LogP contribution is 2.41. The molecule has 2 unspecified atom stereocenters. The molecule has 0 saturated heterocycles. The first-order chi connectivity index (χ1) is 12.9. The number of carbonyl (C=O) groups excluding carboxylic acids is 1. The first-order valence-electron chi connectivity index (χ1n) is 9.41. The Balaban J connectivity index is 2.38. The molecule has 1 aliphatic carbocycles. The molecule has 0 radical (unpaired) electrons. The molecule has 0 aliphatic heterocycles. The highest BCUT2D eigenvalue weighted by Gasteiger charge is 2.48. The molecule has 0 heterocycles. The fraction of sp³-hybridized carbons (Fsp3) is 0.524. The summed E-state index contributed by atoms with van der Waals surface area (Å²) < 4.78 is 14.7. The van der Waals surface area contributed by atoms with Crippen LogP contribution in [-0.4, -0.2) is 23.9 Å². The Labute approximate surface area is 166 Å². The van der Waals surface area contributed by atoms with Gasteiger partial charge in [-0.15, -0.1) is 0 Å². The van der Waals surface area contributed by atoms with Gasteiger partial charge in [-0.05, 0) is 58.2 Å². The Bertz CT molecular complexity index is 812. The molecule has 0 bridgehead atoms. The molecule has 1 aliphatic rings. The van der Waals surface area contributed by atoms with Gasteiger partial charge in [0.15, 0.2) is 0 Å². The van der Waals surface area contributed by atoms with Crippen molar-refractivity contribution < 1.29 is 9.18 Å². The summed E-state index contributed by atoms with van der Waals surface area (Å²) in [6.07, 6.45) is 2.72. The zero-order valence-corrected chi connectivity index (χ0v) is 17.1. The Morgan fingerprint density at radius 1 is 1.39 bits per heavy atom. The maximum Gasteiger partial charge on any atom is 0.235 e. The first kappa shape index (κ1) is 21.7. The van der Waals surface area contributed by atoms with Crippen molar-refractivity contribution in [1.29, 1.82) is 5.26 Å². The summed E-state index contributed by atoms with van der Waals surface area (Å²) in [5.41, 5.74) is 10.6. The number of halogens is 1. The molecule has 6 nitrogen and oxygen atoms in total. The van der Waals surface area contributed by atoms with Gasteiger partial charge in [0.05, 0.1) is 28.8 Å². The monoisotopic (exact) mass is 387 g/mol. The van der Waals surface area contributed by atoms with Crippen LogP contribution in [-0.2, 0) is 10.3 Å². The summed E-state index contributed by atoms with van der Waals surface area (Å²) in [7, 11) is 1.51. The van der Waals surface area contributed by atoms with Gasteiger partial charge in [0.1, 0.15) is 5.82 Å². The number of anilines is 1. The summed E-state index contributed by atoms with van der Waals surface area (Å²) in [5, 5.41) is 12.6. The smallest absolute Gasteiger partial charge is 0.235 e. The number of amides is 1. The summed E-state index contributed by atoms with van der Waals surface area (Å²) in [5.74, 6) is -0.828. The maximum absolute atomic E-state index is 14.7. The van der Waals surface area contributed by atoms with Crippen LogP contribution in [0.5, 0.6) is 0 Å². The van der Waals surface area contributed by atoms with E-state index in [1.165, 1.54) is 18.0 Å². The molecule has 1 aromatic carbocycles. The van der Waals surface area contributed by atoms with E-state index in [2.05, 4.69) is 18.0 Å². The molecule has 2 rings (SSSR count). The van der Waals surface area contributed by atoms with Crippen LogP contribution in [0.1, 0.15) is 45.6 Å². The van der Waals surface area contributed by atoms with E-state index >= 15 is 0 Å². The van der Waals surface area contributed by atoms with Crippen molar-refractivity contribution >= 4 is 11.6 Å². The lowest BCUT2D eigenvalue weighted by atomic mass is 9.68. The minimum atomic E-state index is -1.32. The highest BCUT2D eigenvalue weighted by atomic mass is 19.1. The molecule has 1 saturated carbocycles. The van der Waals surface area contributed by atoms with Crippen LogP contribution < -0.4 is 16.8 Å². The molecule has 28 heavy (non-hydrogen) atoms. The van der Waals surface area contributed by atoms with Gasteiger partial charge in [-0.3, -0.25) is 4.79 Å². The van der Waals surface area contributed by atoms with E-state index in [1.54, 1.807) is 32.9 Å². The average Bonchev–Trinajstić information content (AvgIpc) is 3.08. The second-order valence-electron chi connectivity index (χ2n) is 8.29. The Hall–Kier alpha value is -2.59. The number of carbonyl (C=O) groups is 1. The number of hydrogen-bond acceptors (Lipinski definition) is 5. The second-order valence-corrected chi connectivity index (χ2v) is 8.29. The number of hydrogen-bond donors (Lipinski definition) is 3. The molecule has 5 N–H and O–H groups in total. The van der Waals surface area contributed by atoms with Gasteiger partial charge in [-0.25, -0.2) is 4.39 Å². The number of nitrogens with one attached hydrogen (secondary N) is 1. The minimum Gasteiger partial charge on any atom is -0.386 e. The molecule has 0 aromatic heterocycles. The van der Waals surface area contributed by atoms with E-state index in [9.17, 15) is 14.4 Å². The zero-order chi connectivity index (χ0) is 21.3. The highest BCUT2D eigenvalue weighted by molar-refractivity contribution is 5.85. The normalized spacial score (nSPS) is 21.5. The fourth-order valence-electron chi connectivity index (χ4n) is 3.62. The predicted molar refractivity (Wildman–Crippen MR) is 108 cm³/mol. The summed E-state index contributed by atoms with van der Waals surface area (Å²) >= 11 is 0. The van der Waals surface area contributed by atoms with E-state index in [0.717, 1.165) is 19.3 Å². The lowest BCUT2D eigenvalue weighted by Gasteiger charge is -2.42. The topological polar surface area (TPSA) is 108 Å². The predicted octanol–water partition coefficient (Wildman–Crippen LogP) is 3.02. The molecule has 152 valence electrons. The summed E-state index contributed by atoms with van der Waals surface area (Å²) in [6.45, 7) is 8.54. The molecule has 1 amide bonds. The quantitative estimate of drug-likeness (QED) is 0.695. The third-order valence-corrected chi connectivity index (χ3v) is 6.13. The van der Waals surface area contributed by atoms with Crippen molar-refractivity contribution in [2.24, 2.45) is 22.8 Å². The molecule has 3 atom stereocenters. The van der Waals surface area contributed by atoms with Crippen LogP contribution in [0, 0.1) is 28.5 Å². The number of nitriles is 1. The lowest BCUT2D eigenvalue weighted by molar-refractivity contribution is -0.141. The number of benzene rings is 1. The van der Waals surface area contributed by atoms with Crippen LogP contribution in [0.25, 0.3) is 0 Å². The van der Waals surface area contributed by atoms with Crippen molar-refractivity contribution in [2.75, 3.05) is 12.4 Å². The Morgan fingerprint density at radius 3 is 2.61 bits per heavy atom. The molecular formula is C21H30FN5O. The van der Waals surface area contributed by atoms with Crippen LogP contribution in [0.2, 0.25) is 0 Å². The molecule has 1 aromatic rings. The van der Waals surface area contributed by atoms with Crippen LogP contribution in [0.15, 0.2) is 30.6 Å². The van der Waals surface area contributed by atoms with Crippen molar-refractivity contribution in [3.8, 4) is 6.07 Å². The second kappa shape index (κ2) is 7.80. The Kier molecular flexibility index (Phi) is 6.05. The minimum absolute atomic E-state index is 0.0219. The molecule has 1 fully saturated rings. The van der Waals surface area contributed by atoms with Crippen LogP contribution in [0.3, 0.4) is 0 Å². The lowest BCUT2D eigenvalue weighted by Crippen LogP contribution is -2.56. The number of rotatable bonds is 6. The third kappa shape index (κ3) is 3.83. The van der Waals surface area contributed by atoms with Gasteiger partial charge >= 0.3 is 0 Å². The zero-order valence-electron chi connectivity index (χ0n) is 17.1. The van der Waals surface area contributed by atoms with Gasteiger partial charge in [0.25, 0.3) is 0 Å². The third-order valence-electron chi connectivity index (χ3n) is 6.13. The summed E-state index contributed by atoms with van der Waals surface area (Å²) in [6, 6.07) is 6.94. The van der Waals surface area contributed by atoms with Crippen LogP contribution in [0.4, 0.5) is 10.1 Å². The van der Waals surface area contributed by atoms with Crippen molar-refractivity contribution in [1.82, 2.24) is 4.90 Å². The fourth-order valence-corrected chi connectivity index (χ4v) is 3.62. The molecule has 0 spiro atoms. The van der Waals surface area contributed by atoms with E-state index < -0.39 is 16.8 Å². The maximum atomic E-state index is 14.7. The van der Waals surface area contributed by atoms with Crippen LogP contribution >= 0.6 is 0 Å². The number of nitrogens with two attached hydrogens (primary N) is 2. The van der Waals surface area contributed by atoms with E-state index in [-0.39, 0.29) is 29.3 Å². The Morgan fingerprint density at radius 2 is 2.04 bits per heavy atom. The van der Waals surface area contributed by atoms with Gasteiger partial charge in [-0.2, -0.15) is 5.26 Å². The van der Waals surface area contributed by atoms with Crippen molar-refractivity contribution in [3.63, 3.8) is 0 Å². The van der Waals surface area contributed by atoms with Crippen molar-refractivity contribution in [3.05, 3.63) is 42.0 Å². The average molecular weight is 388 g/mol. The van der Waals surface area contributed by atoms with Gasteiger partial charge in [0.2, 0.25) is 5.91 Å². The summed E-state index contributed by atoms with van der Waals surface area (Å²) in [4.78, 5) is 14.1. The standard InChI is InChI=1S/C21H30FN5O/c1-13(24)27(5)19(28)20(2,3)21(4,25)16-11-15(9-10-17(16)22)26-18-8-6-7-14(18)12-23/h9-11,14,18,26H,1,6-8,24-25H2,2-5H3/t14?,18?,21-/m1/s1. The van der Waals surface area contributed by atoms with Crippen molar-refractivity contribution in [2.45, 2.75) is 51.6 Å². The number of nitrogens with zero attached hydrogens (tertiary/aromatic N) is 2. The van der Waals surface area contributed by atoms with Gasteiger partial charge in [0, 0.05) is 24.3 Å². The SMILES string of the molecule is C=C(N)N(C)C(=O)C(C)(C)[C@](C)(N)c1cc(NC2CCCC2C#N)ccc1F. The molecular weight excluding hydrogens is 357 g/mol. The first-order valence-corrected chi connectivity index (χ1v) is 9.41. The van der Waals surface area contributed by atoms with Gasteiger partial charge in [-0.1, -0.05) is 6.58 Å². The molecule has 7 heteroatoms. The van der Waals surface area contributed by atoms with E-state index in [4.69, 9.17) is 11.5 Å². The van der Waals surface area contributed by atoms with E-state index in [0.29, 0.717) is 5.69 Å². The van der Waals surface area contributed by atoms with E-state index in [1.807, 2.05) is 0 Å². The van der Waals surface area contributed by atoms with Gasteiger partial charge < -0.3 is 21.7 Å². The largest absolute Gasteiger partial charge is 0.386 e.